The molecule has 0 unspecified atom stereocenters. The van der Waals surface area contributed by atoms with Crippen LogP contribution >= 0.6 is 0 Å². The molecule has 2 N–H and O–H groups in total. The summed E-state index contributed by atoms with van der Waals surface area (Å²) in [5.41, 5.74) is 0. The van der Waals surface area contributed by atoms with Crippen LogP contribution in [0.2, 0.25) is 0 Å². The Balaban J connectivity index is 3.67. The first-order valence-corrected chi connectivity index (χ1v) is 5.35. The lowest BCUT2D eigenvalue weighted by molar-refractivity contribution is -0.131. The molecule has 4 heteroatoms. The summed E-state index contributed by atoms with van der Waals surface area (Å²) in [6.45, 7) is 7.16. The largest absolute Gasteiger partial charge is 0.396 e. The van der Waals surface area contributed by atoms with Gasteiger partial charge in [0.15, 0.2) is 0 Å². The van der Waals surface area contributed by atoms with Crippen LogP contribution in [0.25, 0.3) is 0 Å². The molecule has 0 aromatic rings. The molecule has 0 rings (SSSR count). The van der Waals surface area contributed by atoms with Gasteiger partial charge in [-0.1, -0.05) is 6.92 Å². The van der Waals surface area contributed by atoms with Crippen molar-refractivity contribution in [3.8, 4) is 0 Å². The summed E-state index contributed by atoms with van der Waals surface area (Å²) in [6.07, 6.45) is 1.22. The topological polar surface area (TPSA) is 52.6 Å². The van der Waals surface area contributed by atoms with Gasteiger partial charge in [-0.05, 0) is 19.9 Å². The number of aliphatic hydroxyl groups excluding tert-OH is 1. The fourth-order valence-electron chi connectivity index (χ4n) is 1.25. The third-order valence-corrected chi connectivity index (χ3v) is 2.09. The molecule has 0 aliphatic rings. The maximum Gasteiger partial charge on any atom is 0.223 e. The third-order valence-electron chi connectivity index (χ3n) is 2.09. The fourth-order valence-corrected chi connectivity index (χ4v) is 1.25. The SMILES string of the molecule is CCNCCC(=O)N(CC)CCCO. The predicted octanol–water partition coefficient (Wildman–Crippen LogP) is 0.217. The minimum Gasteiger partial charge on any atom is -0.396 e. The van der Waals surface area contributed by atoms with Gasteiger partial charge in [0.1, 0.15) is 0 Å². The van der Waals surface area contributed by atoms with E-state index < -0.39 is 0 Å². The molecule has 0 aliphatic heterocycles. The number of aliphatic hydroxyl groups is 1. The van der Waals surface area contributed by atoms with Gasteiger partial charge in [0.25, 0.3) is 0 Å². The van der Waals surface area contributed by atoms with Gasteiger partial charge >= 0.3 is 0 Å². The van der Waals surface area contributed by atoms with Gasteiger partial charge in [-0.2, -0.15) is 0 Å². The Morgan fingerprint density at radius 3 is 2.64 bits per heavy atom. The number of carbonyl (C=O) groups excluding carboxylic acids is 1. The van der Waals surface area contributed by atoms with Crippen LogP contribution in [-0.4, -0.2) is 48.7 Å². The number of carbonyl (C=O) groups is 1. The standard InChI is InChI=1S/C10H22N2O2/c1-3-11-7-6-10(14)12(4-2)8-5-9-13/h11,13H,3-9H2,1-2H3. The number of nitrogens with zero attached hydrogens (tertiary/aromatic N) is 1. The molecule has 0 fully saturated rings. The highest BCUT2D eigenvalue weighted by molar-refractivity contribution is 5.76. The number of nitrogens with one attached hydrogen (secondary N) is 1. The molecule has 0 atom stereocenters. The van der Waals surface area contributed by atoms with E-state index in [1.807, 2.05) is 13.8 Å². The fraction of sp³-hybridized carbons (Fsp3) is 0.900. The normalized spacial score (nSPS) is 10.2. The Morgan fingerprint density at radius 2 is 2.14 bits per heavy atom. The molecule has 0 aliphatic carbocycles. The molecule has 4 nitrogen and oxygen atoms in total. The lowest BCUT2D eigenvalue weighted by atomic mass is 10.3. The van der Waals surface area contributed by atoms with Crippen molar-refractivity contribution in [3.05, 3.63) is 0 Å². The lowest BCUT2D eigenvalue weighted by Gasteiger charge is -2.20. The second-order valence-corrected chi connectivity index (χ2v) is 3.15. The Labute approximate surface area is 86.3 Å². The van der Waals surface area contributed by atoms with Gasteiger partial charge < -0.3 is 15.3 Å². The third kappa shape index (κ3) is 5.94. The van der Waals surface area contributed by atoms with Crippen LogP contribution in [0.3, 0.4) is 0 Å². The molecule has 0 heterocycles. The van der Waals surface area contributed by atoms with Crippen molar-refractivity contribution in [2.24, 2.45) is 0 Å². The second-order valence-electron chi connectivity index (χ2n) is 3.15. The second kappa shape index (κ2) is 8.97. The van der Waals surface area contributed by atoms with Gasteiger partial charge in [0.2, 0.25) is 5.91 Å². The van der Waals surface area contributed by atoms with Crippen molar-refractivity contribution in [1.82, 2.24) is 10.2 Å². The van der Waals surface area contributed by atoms with Crippen LogP contribution in [0.1, 0.15) is 26.7 Å². The minimum atomic E-state index is 0.150. The van der Waals surface area contributed by atoms with E-state index in [9.17, 15) is 4.79 Å². The Kier molecular flexibility index (Phi) is 8.57. The highest BCUT2D eigenvalue weighted by Crippen LogP contribution is 1.95. The van der Waals surface area contributed by atoms with Gasteiger partial charge in [0.05, 0.1) is 0 Å². The molecule has 1 amide bonds. The number of hydrogen-bond donors (Lipinski definition) is 2. The molecule has 0 radical (unpaired) electrons. The van der Waals surface area contributed by atoms with E-state index in [-0.39, 0.29) is 12.5 Å². The zero-order valence-corrected chi connectivity index (χ0v) is 9.25. The quantitative estimate of drug-likeness (QED) is 0.553. The molecule has 0 bridgehead atoms. The van der Waals surface area contributed by atoms with E-state index >= 15 is 0 Å². The molecule has 0 saturated carbocycles. The summed E-state index contributed by atoms with van der Waals surface area (Å²) in [5.74, 6) is 0.168. The Bertz CT molecular complexity index is 151. The molecule has 84 valence electrons. The smallest absolute Gasteiger partial charge is 0.223 e. The van der Waals surface area contributed by atoms with E-state index in [1.54, 1.807) is 4.90 Å². The summed E-state index contributed by atoms with van der Waals surface area (Å²) in [6, 6.07) is 0. The Morgan fingerprint density at radius 1 is 1.43 bits per heavy atom. The summed E-state index contributed by atoms with van der Waals surface area (Å²) in [4.78, 5) is 13.3. The maximum absolute atomic E-state index is 11.6. The first-order valence-electron chi connectivity index (χ1n) is 5.35. The van der Waals surface area contributed by atoms with Crippen LogP contribution in [0, 0.1) is 0 Å². The summed E-state index contributed by atoms with van der Waals surface area (Å²) >= 11 is 0. The van der Waals surface area contributed by atoms with Crippen molar-refractivity contribution in [2.75, 3.05) is 32.8 Å². The van der Waals surface area contributed by atoms with Crippen molar-refractivity contribution in [1.29, 1.82) is 0 Å². The minimum absolute atomic E-state index is 0.150. The molecular weight excluding hydrogens is 180 g/mol. The highest BCUT2D eigenvalue weighted by Gasteiger charge is 2.09. The zero-order chi connectivity index (χ0) is 10.8. The van der Waals surface area contributed by atoms with Crippen molar-refractivity contribution < 1.29 is 9.90 Å². The van der Waals surface area contributed by atoms with Crippen LogP contribution in [0.15, 0.2) is 0 Å². The highest BCUT2D eigenvalue weighted by atomic mass is 16.3. The van der Waals surface area contributed by atoms with E-state index in [4.69, 9.17) is 5.11 Å². The molecular formula is C10H22N2O2. The van der Waals surface area contributed by atoms with E-state index in [2.05, 4.69) is 5.32 Å². The monoisotopic (exact) mass is 202 g/mol. The summed E-state index contributed by atoms with van der Waals surface area (Å²) < 4.78 is 0. The lowest BCUT2D eigenvalue weighted by Crippen LogP contribution is -2.34. The molecule has 0 saturated heterocycles. The predicted molar refractivity (Wildman–Crippen MR) is 57.1 cm³/mol. The molecule has 0 spiro atoms. The average Bonchev–Trinajstić information content (AvgIpc) is 2.19. The first kappa shape index (κ1) is 13.4. The maximum atomic E-state index is 11.6. The number of rotatable bonds is 8. The van der Waals surface area contributed by atoms with Crippen LogP contribution in [0.4, 0.5) is 0 Å². The van der Waals surface area contributed by atoms with Gasteiger partial charge in [-0.15, -0.1) is 0 Å². The van der Waals surface area contributed by atoms with Crippen molar-refractivity contribution in [3.63, 3.8) is 0 Å². The average molecular weight is 202 g/mol. The zero-order valence-electron chi connectivity index (χ0n) is 9.25. The van der Waals surface area contributed by atoms with Gasteiger partial charge in [-0.3, -0.25) is 4.79 Å². The molecule has 14 heavy (non-hydrogen) atoms. The number of hydrogen-bond acceptors (Lipinski definition) is 3. The number of amides is 1. The van der Waals surface area contributed by atoms with Crippen molar-refractivity contribution >= 4 is 5.91 Å². The molecule has 0 aromatic carbocycles. The van der Waals surface area contributed by atoms with Crippen molar-refractivity contribution in [2.45, 2.75) is 26.7 Å². The first-order chi connectivity index (χ1) is 6.76. The Hall–Kier alpha value is -0.610. The van der Waals surface area contributed by atoms with Crippen LogP contribution < -0.4 is 5.32 Å². The summed E-state index contributed by atoms with van der Waals surface area (Å²) in [5, 5.41) is 11.8. The van der Waals surface area contributed by atoms with Gasteiger partial charge in [-0.25, -0.2) is 0 Å². The molecule has 0 aromatic heterocycles. The van der Waals surface area contributed by atoms with E-state index in [1.165, 1.54) is 0 Å². The van der Waals surface area contributed by atoms with Crippen LogP contribution in [0.5, 0.6) is 0 Å². The van der Waals surface area contributed by atoms with E-state index in [0.29, 0.717) is 19.4 Å². The van der Waals surface area contributed by atoms with E-state index in [0.717, 1.165) is 19.6 Å². The summed E-state index contributed by atoms with van der Waals surface area (Å²) in [7, 11) is 0. The van der Waals surface area contributed by atoms with Crippen LogP contribution in [-0.2, 0) is 4.79 Å². The van der Waals surface area contributed by atoms with Gasteiger partial charge in [0, 0.05) is 32.7 Å².